The molecule has 0 spiro atoms. The Kier molecular flexibility index (Phi) is 16.9. The number of unbranched alkanes of at least 4 members (excludes halogenated alkanes) is 4. The van der Waals surface area contributed by atoms with Crippen LogP contribution in [0.2, 0.25) is 0 Å². The third-order valence-electron chi connectivity index (χ3n) is 1.21. The van der Waals surface area contributed by atoms with Gasteiger partial charge < -0.3 is 0 Å². The molecule has 0 fully saturated rings. The first kappa shape index (κ1) is 14.1. The monoisotopic (exact) mass is 198 g/mol. The van der Waals surface area contributed by atoms with Crippen LogP contribution in [-0.2, 0) is 0 Å². The summed E-state index contributed by atoms with van der Waals surface area (Å²) in [4.78, 5) is -0.222. The lowest BCUT2D eigenvalue weighted by molar-refractivity contribution is 0.656. The molecule has 0 saturated carbocycles. The third kappa shape index (κ3) is 37.1. The standard InChI is InChI=1S/C7H16.C2H4Cl2/c1-3-5-7-6-4-2;1-2(3)4/h3-7H2,1-2H3;2H,1H3. The fourth-order valence-electron chi connectivity index (χ4n) is 0.677. The van der Waals surface area contributed by atoms with Crippen molar-refractivity contribution in [3.8, 4) is 0 Å². The fourth-order valence-corrected chi connectivity index (χ4v) is 0.677. The van der Waals surface area contributed by atoms with Crippen molar-refractivity contribution in [3.05, 3.63) is 0 Å². The Balaban J connectivity index is 0. The average molecular weight is 199 g/mol. The number of rotatable bonds is 4. The van der Waals surface area contributed by atoms with E-state index < -0.39 is 0 Å². The second-order valence-corrected chi connectivity index (χ2v) is 4.11. The Morgan fingerprint density at radius 2 is 1.18 bits per heavy atom. The summed E-state index contributed by atoms with van der Waals surface area (Å²) < 4.78 is 0. The summed E-state index contributed by atoms with van der Waals surface area (Å²) in [6.45, 7) is 6.19. The van der Waals surface area contributed by atoms with Crippen LogP contribution in [0.4, 0.5) is 0 Å². The minimum atomic E-state index is -0.222. The predicted molar refractivity (Wildman–Crippen MR) is 55.6 cm³/mol. The van der Waals surface area contributed by atoms with Crippen molar-refractivity contribution in [1.29, 1.82) is 0 Å². The van der Waals surface area contributed by atoms with E-state index >= 15 is 0 Å². The Bertz CT molecular complexity index is 46.8. The van der Waals surface area contributed by atoms with Gasteiger partial charge in [-0.3, -0.25) is 0 Å². The molecule has 0 aliphatic rings. The van der Waals surface area contributed by atoms with Crippen LogP contribution in [-0.4, -0.2) is 4.84 Å². The molecule has 0 rings (SSSR count). The highest BCUT2D eigenvalue weighted by Crippen LogP contribution is 2.00. The first-order valence-electron chi connectivity index (χ1n) is 4.43. The summed E-state index contributed by atoms with van der Waals surface area (Å²) in [5, 5.41) is 0. The van der Waals surface area contributed by atoms with Crippen LogP contribution in [0.3, 0.4) is 0 Å². The van der Waals surface area contributed by atoms with Crippen molar-refractivity contribution in [2.24, 2.45) is 0 Å². The molecule has 0 saturated heterocycles. The molecule has 0 heterocycles. The molecule has 0 aliphatic carbocycles. The summed E-state index contributed by atoms with van der Waals surface area (Å²) in [5.41, 5.74) is 0. The van der Waals surface area contributed by atoms with Gasteiger partial charge in [0.05, 0.1) is 0 Å². The maximum absolute atomic E-state index is 5.04. The Hall–Kier alpha value is 0.580. The molecule has 0 N–H and O–H groups in total. The lowest BCUT2D eigenvalue weighted by Gasteiger charge is -1.90. The molecule has 0 unspecified atom stereocenters. The first-order chi connectivity index (χ1) is 5.15. The Labute approximate surface area is 81.3 Å². The molecule has 0 atom stereocenters. The molecule has 2 heteroatoms. The number of hydrogen-bond donors (Lipinski definition) is 0. The summed E-state index contributed by atoms with van der Waals surface area (Å²) in [5.74, 6) is 0. The maximum Gasteiger partial charge on any atom is 0.105 e. The van der Waals surface area contributed by atoms with E-state index in [-0.39, 0.29) is 4.84 Å². The first-order valence-corrected chi connectivity index (χ1v) is 5.30. The zero-order chi connectivity index (χ0) is 9.11. The van der Waals surface area contributed by atoms with Gasteiger partial charge in [0, 0.05) is 0 Å². The van der Waals surface area contributed by atoms with Crippen LogP contribution in [0.25, 0.3) is 0 Å². The summed E-state index contributed by atoms with van der Waals surface area (Å²) in [6, 6.07) is 0. The normalized spacial score (nSPS) is 9.27. The van der Waals surface area contributed by atoms with Crippen LogP contribution in [0.5, 0.6) is 0 Å². The zero-order valence-corrected chi connectivity index (χ0v) is 9.38. The quantitative estimate of drug-likeness (QED) is 0.451. The molecule has 70 valence electrons. The SMILES string of the molecule is CC(Cl)Cl.CCCCCCC. The molecule has 0 radical (unpaired) electrons. The molecular formula is C9H20Cl2. The highest BCUT2D eigenvalue weighted by molar-refractivity contribution is 6.43. The lowest BCUT2D eigenvalue weighted by atomic mass is 10.2. The van der Waals surface area contributed by atoms with Crippen molar-refractivity contribution in [2.45, 2.75) is 57.7 Å². The van der Waals surface area contributed by atoms with Gasteiger partial charge >= 0.3 is 0 Å². The molecule has 11 heavy (non-hydrogen) atoms. The van der Waals surface area contributed by atoms with Crippen LogP contribution in [0.1, 0.15) is 52.9 Å². The summed E-state index contributed by atoms with van der Waals surface area (Å²) in [7, 11) is 0. The van der Waals surface area contributed by atoms with Gasteiger partial charge in [0.15, 0.2) is 0 Å². The smallest absolute Gasteiger partial charge is 0.105 e. The molecular weight excluding hydrogens is 179 g/mol. The van der Waals surface area contributed by atoms with Crippen LogP contribution in [0.15, 0.2) is 0 Å². The van der Waals surface area contributed by atoms with Gasteiger partial charge in [-0.15, -0.1) is 23.2 Å². The lowest BCUT2D eigenvalue weighted by Crippen LogP contribution is -1.70. The van der Waals surface area contributed by atoms with E-state index in [2.05, 4.69) is 13.8 Å². The zero-order valence-electron chi connectivity index (χ0n) is 7.87. The van der Waals surface area contributed by atoms with Gasteiger partial charge in [-0.25, -0.2) is 0 Å². The van der Waals surface area contributed by atoms with E-state index in [1.807, 2.05) is 0 Å². The van der Waals surface area contributed by atoms with E-state index in [9.17, 15) is 0 Å². The van der Waals surface area contributed by atoms with E-state index in [1.165, 1.54) is 32.1 Å². The van der Waals surface area contributed by atoms with Gasteiger partial charge in [-0.05, 0) is 6.92 Å². The predicted octanol–water partition coefficient (Wildman–Crippen LogP) is 4.79. The Morgan fingerprint density at radius 3 is 1.36 bits per heavy atom. The van der Waals surface area contributed by atoms with Crippen LogP contribution in [0, 0.1) is 0 Å². The average Bonchev–Trinajstić information content (AvgIpc) is 1.88. The topological polar surface area (TPSA) is 0 Å². The van der Waals surface area contributed by atoms with Crippen molar-refractivity contribution in [2.75, 3.05) is 0 Å². The van der Waals surface area contributed by atoms with Crippen LogP contribution >= 0.6 is 23.2 Å². The highest BCUT2D eigenvalue weighted by atomic mass is 35.5. The van der Waals surface area contributed by atoms with E-state index in [0.29, 0.717) is 0 Å². The second kappa shape index (κ2) is 13.2. The van der Waals surface area contributed by atoms with E-state index in [1.54, 1.807) is 6.92 Å². The molecule has 0 bridgehead atoms. The molecule has 0 aromatic heterocycles. The minimum absolute atomic E-state index is 0.222. The number of hydrogen-bond acceptors (Lipinski definition) is 0. The van der Waals surface area contributed by atoms with Crippen LogP contribution < -0.4 is 0 Å². The molecule has 0 aliphatic heterocycles. The van der Waals surface area contributed by atoms with Crippen molar-refractivity contribution in [3.63, 3.8) is 0 Å². The second-order valence-electron chi connectivity index (χ2n) is 2.58. The molecule has 0 aromatic carbocycles. The Morgan fingerprint density at radius 1 is 0.909 bits per heavy atom. The highest BCUT2D eigenvalue weighted by Gasteiger charge is 1.80. The largest absolute Gasteiger partial charge is 0.106 e. The minimum Gasteiger partial charge on any atom is -0.106 e. The maximum atomic E-state index is 5.04. The van der Waals surface area contributed by atoms with Gasteiger partial charge in [-0.1, -0.05) is 46.0 Å². The van der Waals surface area contributed by atoms with Gasteiger partial charge in [0.25, 0.3) is 0 Å². The van der Waals surface area contributed by atoms with Crippen molar-refractivity contribution < 1.29 is 0 Å². The van der Waals surface area contributed by atoms with Crippen molar-refractivity contribution >= 4 is 23.2 Å². The fraction of sp³-hybridized carbons (Fsp3) is 1.00. The van der Waals surface area contributed by atoms with Crippen molar-refractivity contribution in [1.82, 2.24) is 0 Å². The van der Waals surface area contributed by atoms with Gasteiger partial charge in [-0.2, -0.15) is 0 Å². The summed E-state index contributed by atoms with van der Waals surface area (Å²) in [6.07, 6.45) is 7.01. The van der Waals surface area contributed by atoms with Gasteiger partial charge in [0.1, 0.15) is 4.84 Å². The molecule has 0 aromatic rings. The van der Waals surface area contributed by atoms with Gasteiger partial charge in [0.2, 0.25) is 0 Å². The summed E-state index contributed by atoms with van der Waals surface area (Å²) >= 11 is 10.1. The third-order valence-corrected chi connectivity index (χ3v) is 1.21. The number of alkyl halides is 2. The molecule has 0 nitrogen and oxygen atoms in total. The molecule has 0 amide bonds. The van der Waals surface area contributed by atoms with E-state index in [0.717, 1.165) is 0 Å². The van der Waals surface area contributed by atoms with E-state index in [4.69, 9.17) is 23.2 Å². The number of halogens is 2.